The van der Waals surface area contributed by atoms with Crippen LogP contribution in [0.2, 0.25) is 0 Å². The molecule has 1 amide bonds. The van der Waals surface area contributed by atoms with E-state index in [1.54, 1.807) is 26.0 Å². The molecule has 0 heterocycles. The van der Waals surface area contributed by atoms with Crippen LogP contribution in [0, 0.1) is 0 Å². The van der Waals surface area contributed by atoms with Crippen molar-refractivity contribution in [1.82, 2.24) is 5.43 Å². The number of carbonyl (C=O) groups excluding carboxylic acids is 1. The maximum absolute atomic E-state index is 12.4. The van der Waals surface area contributed by atoms with Gasteiger partial charge in [-0.1, -0.05) is 48.9 Å². The van der Waals surface area contributed by atoms with E-state index in [1.807, 2.05) is 37.3 Å². The SMILES string of the molecule is CC\C=C(Cl)/C=C(/C(C)=N/NC(=O)c1cc2ccccc2cc1O)C(C)O. The Morgan fingerprint density at radius 1 is 1.30 bits per heavy atom. The standard InChI is InChI=1S/C21H23ClN2O3/c1-4-7-17(22)12-18(14(3)25)13(2)23-24-21(27)19-10-15-8-5-6-9-16(15)11-20(19)26/h5-12,14,25-26H,4H2,1-3H3,(H,24,27)/b17-7+,18-12-,23-13+. The number of hydrogen-bond acceptors (Lipinski definition) is 4. The summed E-state index contributed by atoms with van der Waals surface area (Å²) in [5.41, 5.74) is 3.45. The Morgan fingerprint density at radius 2 is 1.93 bits per heavy atom. The first-order valence-electron chi connectivity index (χ1n) is 8.65. The van der Waals surface area contributed by atoms with E-state index in [1.165, 1.54) is 6.07 Å². The number of rotatable bonds is 6. The number of fused-ring (bicyclic) bond motifs is 1. The number of halogens is 1. The number of nitrogens with one attached hydrogen (secondary N) is 1. The van der Waals surface area contributed by atoms with Gasteiger partial charge in [0.1, 0.15) is 5.75 Å². The average Bonchev–Trinajstić information content (AvgIpc) is 2.63. The molecule has 5 nitrogen and oxygen atoms in total. The van der Waals surface area contributed by atoms with Crippen LogP contribution in [0.4, 0.5) is 0 Å². The first-order valence-corrected chi connectivity index (χ1v) is 9.03. The molecule has 0 saturated carbocycles. The van der Waals surface area contributed by atoms with Crippen molar-refractivity contribution in [3.63, 3.8) is 0 Å². The average molecular weight is 387 g/mol. The number of aliphatic hydroxyl groups is 1. The molecule has 142 valence electrons. The third-order valence-corrected chi connectivity index (χ3v) is 4.26. The lowest BCUT2D eigenvalue weighted by molar-refractivity contribution is 0.0952. The Balaban J connectivity index is 2.26. The Morgan fingerprint density at radius 3 is 2.52 bits per heavy atom. The summed E-state index contributed by atoms with van der Waals surface area (Å²) >= 11 is 6.10. The molecule has 2 aromatic rings. The summed E-state index contributed by atoms with van der Waals surface area (Å²) in [4.78, 5) is 12.4. The Bertz CT molecular complexity index is 930. The minimum atomic E-state index is -0.807. The highest BCUT2D eigenvalue weighted by atomic mass is 35.5. The summed E-state index contributed by atoms with van der Waals surface area (Å²) in [6.07, 6.45) is 3.38. The highest BCUT2D eigenvalue weighted by Gasteiger charge is 2.14. The second-order valence-corrected chi connectivity index (χ2v) is 6.56. The van der Waals surface area contributed by atoms with E-state index in [2.05, 4.69) is 10.5 Å². The summed E-state index contributed by atoms with van der Waals surface area (Å²) in [6.45, 7) is 5.21. The van der Waals surface area contributed by atoms with Crippen LogP contribution in [-0.4, -0.2) is 27.9 Å². The van der Waals surface area contributed by atoms with Gasteiger partial charge in [0, 0.05) is 10.6 Å². The van der Waals surface area contributed by atoms with Crippen LogP contribution >= 0.6 is 11.6 Å². The topological polar surface area (TPSA) is 81.9 Å². The summed E-state index contributed by atoms with van der Waals surface area (Å²) in [6, 6.07) is 10.6. The second kappa shape index (κ2) is 9.35. The van der Waals surface area contributed by atoms with Crippen molar-refractivity contribution in [2.24, 2.45) is 5.10 Å². The van der Waals surface area contributed by atoms with Gasteiger partial charge in [-0.25, -0.2) is 5.43 Å². The summed E-state index contributed by atoms with van der Waals surface area (Å²) < 4.78 is 0. The number of nitrogens with zero attached hydrogens (tertiary/aromatic N) is 1. The number of phenolic OH excluding ortho intramolecular Hbond substituents is 1. The molecule has 27 heavy (non-hydrogen) atoms. The molecule has 0 aliphatic rings. The van der Waals surface area contributed by atoms with Crippen molar-refractivity contribution in [2.45, 2.75) is 33.3 Å². The van der Waals surface area contributed by atoms with Gasteiger partial charge in [0.2, 0.25) is 0 Å². The largest absolute Gasteiger partial charge is 0.507 e. The van der Waals surface area contributed by atoms with Gasteiger partial charge in [0.15, 0.2) is 0 Å². The molecule has 2 rings (SSSR count). The lowest BCUT2D eigenvalue weighted by Gasteiger charge is -2.11. The smallest absolute Gasteiger partial charge is 0.275 e. The van der Waals surface area contributed by atoms with Gasteiger partial charge in [0.25, 0.3) is 5.91 Å². The molecule has 0 aromatic heterocycles. The van der Waals surface area contributed by atoms with E-state index in [0.717, 1.165) is 17.2 Å². The zero-order valence-electron chi connectivity index (χ0n) is 15.5. The van der Waals surface area contributed by atoms with Gasteiger partial charge in [-0.05, 0) is 49.2 Å². The molecule has 0 saturated heterocycles. The zero-order valence-corrected chi connectivity index (χ0v) is 16.3. The van der Waals surface area contributed by atoms with E-state index in [4.69, 9.17) is 11.6 Å². The molecular weight excluding hydrogens is 364 g/mol. The first-order chi connectivity index (χ1) is 12.8. The normalized spacial score (nSPS) is 14.3. The fraction of sp³-hybridized carbons (Fsp3) is 0.238. The lowest BCUT2D eigenvalue weighted by atomic mass is 10.1. The van der Waals surface area contributed by atoms with E-state index < -0.39 is 12.0 Å². The third kappa shape index (κ3) is 5.42. The van der Waals surface area contributed by atoms with Gasteiger partial charge >= 0.3 is 0 Å². The van der Waals surface area contributed by atoms with Crippen molar-refractivity contribution >= 4 is 34.0 Å². The summed E-state index contributed by atoms with van der Waals surface area (Å²) in [7, 11) is 0. The monoisotopic (exact) mass is 386 g/mol. The molecule has 1 unspecified atom stereocenters. The van der Waals surface area contributed by atoms with Crippen LogP contribution in [0.15, 0.2) is 64.3 Å². The lowest BCUT2D eigenvalue weighted by Crippen LogP contribution is -2.22. The van der Waals surface area contributed by atoms with Crippen molar-refractivity contribution < 1.29 is 15.0 Å². The molecule has 0 spiro atoms. The van der Waals surface area contributed by atoms with Crippen molar-refractivity contribution in [3.8, 4) is 5.75 Å². The zero-order chi connectivity index (χ0) is 20.0. The van der Waals surface area contributed by atoms with Crippen molar-refractivity contribution in [3.05, 3.63) is 64.7 Å². The number of aromatic hydroxyl groups is 1. The molecular formula is C21H23ClN2O3. The highest BCUT2D eigenvalue weighted by molar-refractivity contribution is 6.31. The van der Waals surface area contributed by atoms with Crippen LogP contribution in [0.3, 0.4) is 0 Å². The van der Waals surface area contributed by atoms with Gasteiger partial charge in [0.05, 0.1) is 17.4 Å². The van der Waals surface area contributed by atoms with Crippen LogP contribution < -0.4 is 5.43 Å². The Labute approximate surface area is 163 Å². The number of hydrogen-bond donors (Lipinski definition) is 3. The predicted molar refractivity (Wildman–Crippen MR) is 110 cm³/mol. The number of benzene rings is 2. The first kappa shape index (κ1) is 20.7. The number of allylic oxidation sites excluding steroid dienone is 3. The number of carbonyl (C=O) groups is 1. The summed E-state index contributed by atoms with van der Waals surface area (Å²) in [5.74, 6) is -0.669. The third-order valence-electron chi connectivity index (χ3n) is 3.99. The van der Waals surface area contributed by atoms with E-state index >= 15 is 0 Å². The van der Waals surface area contributed by atoms with Crippen molar-refractivity contribution in [2.75, 3.05) is 0 Å². The van der Waals surface area contributed by atoms with Crippen LogP contribution in [-0.2, 0) is 0 Å². The predicted octanol–water partition coefficient (Wildman–Crippen LogP) is 4.49. The fourth-order valence-corrected chi connectivity index (χ4v) is 2.87. The van der Waals surface area contributed by atoms with Crippen molar-refractivity contribution in [1.29, 1.82) is 0 Å². The van der Waals surface area contributed by atoms with E-state index in [9.17, 15) is 15.0 Å². The molecule has 0 radical (unpaired) electrons. The maximum atomic E-state index is 12.4. The Hall–Kier alpha value is -2.63. The van der Waals surface area contributed by atoms with Crippen LogP contribution in [0.1, 0.15) is 37.6 Å². The molecule has 1 atom stereocenters. The van der Waals surface area contributed by atoms with Gasteiger partial charge < -0.3 is 10.2 Å². The number of amides is 1. The quantitative estimate of drug-likeness (QED) is 0.388. The minimum absolute atomic E-state index is 0.122. The van der Waals surface area contributed by atoms with Gasteiger partial charge in [-0.2, -0.15) is 5.10 Å². The van der Waals surface area contributed by atoms with Gasteiger partial charge in [-0.3, -0.25) is 4.79 Å². The molecule has 0 aliphatic heterocycles. The van der Waals surface area contributed by atoms with Crippen LogP contribution in [0.25, 0.3) is 10.8 Å². The molecule has 3 N–H and O–H groups in total. The molecule has 0 fully saturated rings. The molecule has 2 aromatic carbocycles. The second-order valence-electron chi connectivity index (χ2n) is 6.13. The molecule has 6 heteroatoms. The fourth-order valence-electron chi connectivity index (χ4n) is 2.60. The summed E-state index contributed by atoms with van der Waals surface area (Å²) in [5, 5.41) is 26.3. The highest BCUT2D eigenvalue weighted by Crippen LogP contribution is 2.25. The Kier molecular flexibility index (Phi) is 7.16. The van der Waals surface area contributed by atoms with Crippen LogP contribution in [0.5, 0.6) is 5.75 Å². The number of aliphatic hydroxyl groups excluding tert-OH is 1. The maximum Gasteiger partial charge on any atom is 0.275 e. The minimum Gasteiger partial charge on any atom is -0.507 e. The van der Waals surface area contributed by atoms with Gasteiger partial charge in [-0.15, -0.1) is 0 Å². The van der Waals surface area contributed by atoms with E-state index in [-0.39, 0.29) is 11.3 Å². The number of phenols is 1. The molecule has 0 bridgehead atoms. The van der Waals surface area contributed by atoms with E-state index in [0.29, 0.717) is 16.3 Å². The number of hydrazone groups is 1. The molecule has 0 aliphatic carbocycles.